The molecule has 0 atom stereocenters. The molecule has 2 rings (SSSR count). The molecule has 0 saturated carbocycles. The Morgan fingerprint density at radius 2 is 2.24 bits per heavy atom. The first-order valence-electron chi connectivity index (χ1n) is 6.76. The highest BCUT2D eigenvalue weighted by Gasteiger charge is 2.04. The standard InChI is InChI=1S/C16H19NO2S2/c1-19-15-4-2-3-13(9-15)10-16(18)17-6-8-21-12-14-5-7-20-11-14/h2-5,7,9,11H,6,8,10,12H2,1H3,(H,17,18). The monoisotopic (exact) mass is 321 g/mol. The summed E-state index contributed by atoms with van der Waals surface area (Å²) in [4.78, 5) is 11.8. The fourth-order valence-electron chi connectivity index (χ4n) is 1.86. The van der Waals surface area contributed by atoms with Crippen LogP contribution in [0.3, 0.4) is 0 Å². The van der Waals surface area contributed by atoms with E-state index in [0.29, 0.717) is 13.0 Å². The van der Waals surface area contributed by atoms with Gasteiger partial charge in [0.15, 0.2) is 0 Å². The summed E-state index contributed by atoms with van der Waals surface area (Å²) < 4.78 is 5.15. The molecule has 0 fully saturated rings. The van der Waals surface area contributed by atoms with Crippen molar-refractivity contribution in [2.75, 3.05) is 19.4 Å². The van der Waals surface area contributed by atoms with Crippen LogP contribution in [0.15, 0.2) is 41.1 Å². The van der Waals surface area contributed by atoms with Crippen molar-refractivity contribution in [3.8, 4) is 5.75 Å². The van der Waals surface area contributed by atoms with Gasteiger partial charge in [0, 0.05) is 18.1 Å². The maximum atomic E-state index is 11.8. The van der Waals surface area contributed by atoms with Crippen LogP contribution >= 0.6 is 23.1 Å². The van der Waals surface area contributed by atoms with Crippen molar-refractivity contribution in [1.82, 2.24) is 5.32 Å². The summed E-state index contributed by atoms with van der Waals surface area (Å²) in [5.41, 5.74) is 2.32. The molecule has 1 N–H and O–H groups in total. The quantitative estimate of drug-likeness (QED) is 0.758. The Labute approximate surface area is 133 Å². The van der Waals surface area contributed by atoms with Crippen molar-refractivity contribution < 1.29 is 9.53 Å². The van der Waals surface area contributed by atoms with Gasteiger partial charge in [-0.25, -0.2) is 0 Å². The van der Waals surface area contributed by atoms with Crippen molar-refractivity contribution in [2.45, 2.75) is 12.2 Å². The fourth-order valence-corrected chi connectivity index (χ4v) is 3.44. The lowest BCUT2D eigenvalue weighted by Crippen LogP contribution is -2.27. The van der Waals surface area contributed by atoms with Crippen LogP contribution in [0.2, 0.25) is 0 Å². The van der Waals surface area contributed by atoms with Gasteiger partial charge in [0.25, 0.3) is 0 Å². The number of nitrogens with one attached hydrogen (secondary N) is 1. The summed E-state index contributed by atoms with van der Waals surface area (Å²) in [5.74, 6) is 2.78. The second kappa shape index (κ2) is 8.74. The molecule has 1 amide bonds. The van der Waals surface area contributed by atoms with E-state index in [2.05, 4.69) is 22.1 Å². The number of thioether (sulfide) groups is 1. The van der Waals surface area contributed by atoms with Gasteiger partial charge in [-0.15, -0.1) is 0 Å². The summed E-state index contributed by atoms with van der Waals surface area (Å²) in [6.45, 7) is 0.706. The topological polar surface area (TPSA) is 38.3 Å². The first kappa shape index (κ1) is 15.9. The van der Waals surface area contributed by atoms with E-state index in [-0.39, 0.29) is 5.91 Å². The Hall–Kier alpha value is -1.46. The molecule has 0 aliphatic rings. The molecular formula is C16H19NO2S2. The van der Waals surface area contributed by atoms with Gasteiger partial charge in [0.05, 0.1) is 13.5 Å². The summed E-state index contributed by atoms with van der Waals surface area (Å²) in [7, 11) is 1.63. The van der Waals surface area contributed by atoms with Crippen molar-refractivity contribution in [3.05, 3.63) is 52.2 Å². The SMILES string of the molecule is COc1cccc(CC(=O)NCCSCc2ccsc2)c1. The smallest absolute Gasteiger partial charge is 0.224 e. The van der Waals surface area contributed by atoms with Crippen molar-refractivity contribution >= 4 is 29.0 Å². The zero-order chi connectivity index (χ0) is 14.9. The highest BCUT2D eigenvalue weighted by molar-refractivity contribution is 7.98. The van der Waals surface area contributed by atoms with E-state index in [4.69, 9.17) is 4.74 Å². The Bertz CT molecular complexity index is 555. The van der Waals surface area contributed by atoms with E-state index in [1.807, 2.05) is 36.0 Å². The van der Waals surface area contributed by atoms with E-state index in [9.17, 15) is 4.79 Å². The normalized spacial score (nSPS) is 10.3. The van der Waals surface area contributed by atoms with Gasteiger partial charge in [-0.2, -0.15) is 23.1 Å². The maximum absolute atomic E-state index is 11.8. The molecule has 1 aromatic carbocycles. The number of carbonyl (C=O) groups is 1. The molecule has 3 nitrogen and oxygen atoms in total. The van der Waals surface area contributed by atoms with Crippen LogP contribution in [0, 0.1) is 0 Å². The summed E-state index contributed by atoms with van der Waals surface area (Å²) >= 11 is 3.56. The number of benzene rings is 1. The zero-order valence-corrected chi connectivity index (χ0v) is 13.6. The zero-order valence-electron chi connectivity index (χ0n) is 12.0. The minimum Gasteiger partial charge on any atom is -0.497 e. The lowest BCUT2D eigenvalue weighted by Gasteiger charge is -2.06. The third kappa shape index (κ3) is 5.81. The minimum atomic E-state index is 0.0550. The van der Waals surface area contributed by atoms with Crippen LogP contribution in [-0.2, 0) is 17.0 Å². The largest absolute Gasteiger partial charge is 0.497 e. The molecule has 112 valence electrons. The van der Waals surface area contributed by atoms with E-state index < -0.39 is 0 Å². The average Bonchev–Trinajstić information content (AvgIpc) is 3.00. The number of amides is 1. The summed E-state index contributed by atoms with van der Waals surface area (Å²) in [5, 5.41) is 7.20. The molecule has 0 aliphatic heterocycles. The molecule has 1 heterocycles. The van der Waals surface area contributed by atoms with Gasteiger partial charge in [0.2, 0.25) is 5.91 Å². The fraction of sp³-hybridized carbons (Fsp3) is 0.312. The molecular weight excluding hydrogens is 302 g/mol. The molecule has 2 aromatic rings. The van der Waals surface area contributed by atoms with Crippen LogP contribution in [0.4, 0.5) is 0 Å². The number of thiophene rings is 1. The predicted molar refractivity (Wildman–Crippen MR) is 90.2 cm³/mol. The third-order valence-corrected chi connectivity index (χ3v) is 4.68. The number of rotatable bonds is 8. The van der Waals surface area contributed by atoms with Crippen LogP contribution in [0.25, 0.3) is 0 Å². The van der Waals surface area contributed by atoms with Gasteiger partial charge < -0.3 is 10.1 Å². The van der Waals surface area contributed by atoms with Crippen LogP contribution in [-0.4, -0.2) is 25.3 Å². The summed E-state index contributed by atoms with van der Waals surface area (Å²) in [6, 6.07) is 9.75. The van der Waals surface area contributed by atoms with Crippen LogP contribution in [0.5, 0.6) is 5.75 Å². The lowest BCUT2D eigenvalue weighted by atomic mass is 10.1. The molecule has 0 aliphatic carbocycles. The predicted octanol–water partition coefficient (Wildman–Crippen LogP) is 3.35. The third-order valence-electron chi connectivity index (χ3n) is 2.92. The van der Waals surface area contributed by atoms with Gasteiger partial charge >= 0.3 is 0 Å². The number of methoxy groups -OCH3 is 1. The van der Waals surface area contributed by atoms with Crippen LogP contribution < -0.4 is 10.1 Å². The Morgan fingerprint density at radius 3 is 3.00 bits per heavy atom. The number of hydrogen-bond donors (Lipinski definition) is 1. The van der Waals surface area contributed by atoms with Crippen LogP contribution in [0.1, 0.15) is 11.1 Å². The maximum Gasteiger partial charge on any atom is 0.224 e. The van der Waals surface area contributed by atoms with Crippen molar-refractivity contribution in [2.24, 2.45) is 0 Å². The van der Waals surface area contributed by atoms with Gasteiger partial charge in [0.1, 0.15) is 5.75 Å². The number of carbonyl (C=O) groups excluding carboxylic acids is 1. The van der Waals surface area contributed by atoms with E-state index in [0.717, 1.165) is 22.8 Å². The summed E-state index contributed by atoms with van der Waals surface area (Å²) in [6.07, 6.45) is 0.395. The van der Waals surface area contributed by atoms with Gasteiger partial charge in [-0.05, 0) is 40.1 Å². The molecule has 0 saturated heterocycles. The Kier molecular flexibility index (Phi) is 6.63. The second-order valence-corrected chi connectivity index (χ2v) is 6.45. The second-order valence-electron chi connectivity index (χ2n) is 4.56. The van der Waals surface area contributed by atoms with Gasteiger partial charge in [-0.1, -0.05) is 12.1 Å². The highest BCUT2D eigenvalue weighted by Crippen LogP contribution is 2.14. The lowest BCUT2D eigenvalue weighted by molar-refractivity contribution is -0.120. The molecule has 5 heteroatoms. The minimum absolute atomic E-state index is 0.0550. The molecule has 21 heavy (non-hydrogen) atoms. The molecule has 0 spiro atoms. The first-order chi connectivity index (χ1) is 10.3. The average molecular weight is 321 g/mol. The van der Waals surface area contributed by atoms with Crippen molar-refractivity contribution in [1.29, 1.82) is 0 Å². The Morgan fingerprint density at radius 1 is 1.33 bits per heavy atom. The van der Waals surface area contributed by atoms with E-state index >= 15 is 0 Å². The molecule has 0 radical (unpaired) electrons. The van der Waals surface area contributed by atoms with E-state index in [1.165, 1.54) is 5.56 Å². The Balaban J connectivity index is 1.63. The number of ether oxygens (including phenoxy) is 1. The highest BCUT2D eigenvalue weighted by atomic mass is 32.2. The molecule has 0 unspecified atom stereocenters. The molecule has 1 aromatic heterocycles. The molecule has 0 bridgehead atoms. The van der Waals surface area contributed by atoms with E-state index in [1.54, 1.807) is 18.4 Å². The van der Waals surface area contributed by atoms with Gasteiger partial charge in [-0.3, -0.25) is 4.79 Å². The van der Waals surface area contributed by atoms with Crippen molar-refractivity contribution in [3.63, 3.8) is 0 Å². The number of hydrogen-bond acceptors (Lipinski definition) is 4. The first-order valence-corrected chi connectivity index (χ1v) is 8.86.